The highest BCUT2D eigenvalue weighted by Crippen LogP contribution is 2.17. The average Bonchev–Trinajstić information content (AvgIpc) is 2.38. The summed E-state index contributed by atoms with van der Waals surface area (Å²) in [6.07, 6.45) is 5.59. The molecular formula is C15H21NO2. The molecule has 0 aromatic heterocycles. The molecule has 0 unspecified atom stereocenters. The molecule has 1 aromatic carbocycles. The van der Waals surface area contributed by atoms with Crippen LogP contribution in [0.4, 0.5) is 4.79 Å². The first kappa shape index (κ1) is 12.9. The van der Waals surface area contributed by atoms with Gasteiger partial charge in [0.05, 0.1) is 0 Å². The largest absolute Gasteiger partial charge is 0.445 e. The lowest BCUT2D eigenvalue weighted by Gasteiger charge is -2.22. The minimum atomic E-state index is -0.289. The Morgan fingerprint density at radius 3 is 2.83 bits per heavy atom. The van der Waals surface area contributed by atoms with Gasteiger partial charge in [-0.1, -0.05) is 49.1 Å². The number of hydrogen-bond donors (Lipinski definition) is 1. The van der Waals surface area contributed by atoms with Gasteiger partial charge in [-0.2, -0.15) is 0 Å². The molecule has 3 nitrogen and oxygen atoms in total. The number of nitrogens with one attached hydrogen (secondary N) is 1. The predicted octanol–water partition coefficient (Wildman–Crippen LogP) is 3.55. The second-order valence-electron chi connectivity index (χ2n) is 5.04. The third kappa shape index (κ3) is 4.06. The maximum atomic E-state index is 11.6. The van der Waals surface area contributed by atoms with Gasteiger partial charge in [-0.25, -0.2) is 4.79 Å². The maximum Gasteiger partial charge on any atom is 0.407 e. The second-order valence-corrected chi connectivity index (χ2v) is 5.04. The average molecular weight is 247 g/mol. The topological polar surface area (TPSA) is 38.3 Å². The molecule has 1 aliphatic rings. The molecule has 1 N–H and O–H groups in total. The van der Waals surface area contributed by atoms with Crippen molar-refractivity contribution in [3.8, 4) is 0 Å². The van der Waals surface area contributed by atoms with E-state index in [1.165, 1.54) is 24.8 Å². The van der Waals surface area contributed by atoms with E-state index < -0.39 is 0 Å². The Hall–Kier alpha value is -1.51. The van der Waals surface area contributed by atoms with Crippen molar-refractivity contribution in [3.63, 3.8) is 0 Å². The minimum Gasteiger partial charge on any atom is -0.445 e. The van der Waals surface area contributed by atoms with E-state index in [1.54, 1.807) is 0 Å². The van der Waals surface area contributed by atoms with Crippen LogP contribution in [0.2, 0.25) is 0 Å². The lowest BCUT2D eigenvalue weighted by Crippen LogP contribution is -2.36. The van der Waals surface area contributed by atoms with Crippen LogP contribution in [-0.4, -0.2) is 12.1 Å². The quantitative estimate of drug-likeness (QED) is 0.887. The van der Waals surface area contributed by atoms with E-state index in [4.69, 9.17) is 4.74 Å². The van der Waals surface area contributed by atoms with Crippen molar-refractivity contribution in [2.45, 2.75) is 51.7 Å². The van der Waals surface area contributed by atoms with Crippen molar-refractivity contribution in [3.05, 3.63) is 35.4 Å². The molecule has 0 bridgehead atoms. The van der Waals surface area contributed by atoms with E-state index in [-0.39, 0.29) is 6.09 Å². The first-order chi connectivity index (χ1) is 8.74. The van der Waals surface area contributed by atoms with Gasteiger partial charge in [-0.3, -0.25) is 0 Å². The van der Waals surface area contributed by atoms with Crippen LogP contribution in [0.1, 0.15) is 43.2 Å². The number of carbonyl (C=O) groups excluding carboxylic acids is 1. The Bertz CT molecular complexity index is 397. The van der Waals surface area contributed by atoms with Crippen molar-refractivity contribution >= 4 is 6.09 Å². The molecule has 1 aliphatic carbocycles. The molecule has 0 atom stereocenters. The van der Waals surface area contributed by atoms with Crippen molar-refractivity contribution in [2.24, 2.45) is 0 Å². The van der Waals surface area contributed by atoms with Gasteiger partial charge in [0.25, 0.3) is 0 Å². The van der Waals surface area contributed by atoms with Crippen molar-refractivity contribution in [2.75, 3.05) is 0 Å². The molecule has 0 aliphatic heterocycles. The molecule has 0 radical (unpaired) electrons. The van der Waals surface area contributed by atoms with Gasteiger partial charge >= 0.3 is 6.09 Å². The fraction of sp³-hybridized carbons (Fsp3) is 0.533. The Kier molecular flexibility index (Phi) is 4.62. The molecule has 18 heavy (non-hydrogen) atoms. The molecule has 1 saturated carbocycles. The number of carbonyl (C=O) groups is 1. The third-order valence-electron chi connectivity index (χ3n) is 3.38. The summed E-state index contributed by atoms with van der Waals surface area (Å²) in [5, 5.41) is 2.94. The van der Waals surface area contributed by atoms with Crippen LogP contribution < -0.4 is 5.32 Å². The fourth-order valence-corrected chi connectivity index (χ4v) is 2.41. The maximum absolute atomic E-state index is 11.6. The number of amides is 1. The van der Waals surface area contributed by atoms with Crippen LogP contribution in [0.5, 0.6) is 0 Å². The first-order valence-electron chi connectivity index (χ1n) is 6.73. The van der Waals surface area contributed by atoms with Crippen LogP contribution >= 0.6 is 0 Å². The highest BCUT2D eigenvalue weighted by atomic mass is 16.5. The molecule has 0 spiro atoms. The van der Waals surface area contributed by atoms with E-state index in [2.05, 4.69) is 5.32 Å². The van der Waals surface area contributed by atoms with Crippen LogP contribution in [-0.2, 0) is 11.3 Å². The summed E-state index contributed by atoms with van der Waals surface area (Å²) in [4.78, 5) is 11.6. The molecule has 1 fully saturated rings. The van der Waals surface area contributed by atoms with Crippen LogP contribution in [0, 0.1) is 6.92 Å². The van der Waals surface area contributed by atoms with Gasteiger partial charge in [-0.15, -0.1) is 0 Å². The van der Waals surface area contributed by atoms with E-state index in [1.807, 2.05) is 31.2 Å². The van der Waals surface area contributed by atoms with Gasteiger partial charge in [0.15, 0.2) is 0 Å². The van der Waals surface area contributed by atoms with Gasteiger partial charge < -0.3 is 10.1 Å². The summed E-state index contributed by atoms with van der Waals surface area (Å²) in [5.74, 6) is 0. The Balaban J connectivity index is 1.74. The van der Waals surface area contributed by atoms with Crippen LogP contribution in [0.25, 0.3) is 0 Å². The molecule has 3 heteroatoms. The van der Waals surface area contributed by atoms with Gasteiger partial charge in [0.1, 0.15) is 6.61 Å². The SMILES string of the molecule is Cc1cccc(COC(=O)NC2CCCCC2)c1. The van der Waals surface area contributed by atoms with Crippen LogP contribution in [0.15, 0.2) is 24.3 Å². The first-order valence-corrected chi connectivity index (χ1v) is 6.73. The number of rotatable bonds is 3. The molecular weight excluding hydrogens is 226 g/mol. The molecule has 2 rings (SSSR count). The van der Waals surface area contributed by atoms with E-state index in [9.17, 15) is 4.79 Å². The second kappa shape index (κ2) is 6.43. The zero-order valence-corrected chi connectivity index (χ0v) is 10.9. The highest BCUT2D eigenvalue weighted by Gasteiger charge is 2.16. The van der Waals surface area contributed by atoms with E-state index in [0.29, 0.717) is 12.6 Å². The summed E-state index contributed by atoms with van der Waals surface area (Å²) < 4.78 is 5.24. The lowest BCUT2D eigenvalue weighted by molar-refractivity contribution is 0.133. The van der Waals surface area contributed by atoms with E-state index in [0.717, 1.165) is 18.4 Å². The smallest absolute Gasteiger partial charge is 0.407 e. The van der Waals surface area contributed by atoms with Gasteiger partial charge in [0, 0.05) is 6.04 Å². The van der Waals surface area contributed by atoms with Crippen molar-refractivity contribution < 1.29 is 9.53 Å². The minimum absolute atomic E-state index is 0.289. The number of ether oxygens (including phenoxy) is 1. The number of hydrogen-bond acceptors (Lipinski definition) is 2. The molecule has 1 aromatic rings. The summed E-state index contributed by atoms with van der Waals surface area (Å²) >= 11 is 0. The number of benzene rings is 1. The Morgan fingerprint density at radius 2 is 2.11 bits per heavy atom. The molecule has 0 heterocycles. The normalized spacial score (nSPS) is 16.3. The van der Waals surface area contributed by atoms with Crippen molar-refractivity contribution in [1.82, 2.24) is 5.32 Å². The Morgan fingerprint density at radius 1 is 1.33 bits per heavy atom. The molecule has 98 valence electrons. The number of alkyl carbamates (subject to hydrolysis) is 1. The van der Waals surface area contributed by atoms with E-state index >= 15 is 0 Å². The van der Waals surface area contributed by atoms with Gasteiger partial charge in [-0.05, 0) is 25.3 Å². The fourth-order valence-electron chi connectivity index (χ4n) is 2.41. The molecule has 1 amide bonds. The lowest BCUT2D eigenvalue weighted by atomic mass is 9.96. The highest BCUT2D eigenvalue weighted by molar-refractivity contribution is 5.67. The zero-order chi connectivity index (χ0) is 12.8. The Labute approximate surface area is 109 Å². The van der Waals surface area contributed by atoms with Crippen molar-refractivity contribution in [1.29, 1.82) is 0 Å². The predicted molar refractivity (Wildman–Crippen MR) is 71.4 cm³/mol. The number of aryl methyl sites for hydroxylation is 1. The van der Waals surface area contributed by atoms with Crippen LogP contribution in [0.3, 0.4) is 0 Å². The zero-order valence-electron chi connectivity index (χ0n) is 10.9. The summed E-state index contributed by atoms with van der Waals surface area (Å²) in [7, 11) is 0. The monoisotopic (exact) mass is 247 g/mol. The summed E-state index contributed by atoms with van der Waals surface area (Å²) in [6.45, 7) is 2.38. The summed E-state index contributed by atoms with van der Waals surface area (Å²) in [5.41, 5.74) is 2.22. The standard InChI is InChI=1S/C15H21NO2/c1-12-6-5-7-13(10-12)11-18-15(17)16-14-8-3-2-4-9-14/h5-7,10,14H,2-4,8-9,11H2,1H3,(H,16,17). The van der Waals surface area contributed by atoms with Gasteiger partial charge in [0.2, 0.25) is 0 Å². The third-order valence-corrected chi connectivity index (χ3v) is 3.38. The summed E-state index contributed by atoms with van der Waals surface area (Å²) in [6, 6.07) is 8.33. The molecule has 0 saturated heterocycles.